The lowest BCUT2D eigenvalue weighted by atomic mass is 9.74. The summed E-state index contributed by atoms with van der Waals surface area (Å²) in [5, 5.41) is 0. The van der Waals surface area contributed by atoms with Gasteiger partial charge in [0.2, 0.25) is 0 Å². The lowest BCUT2D eigenvalue weighted by Crippen LogP contribution is -2.38. The van der Waals surface area contributed by atoms with E-state index in [1.54, 1.807) is 13.0 Å². The summed E-state index contributed by atoms with van der Waals surface area (Å²) in [6, 6.07) is 0. The maximum absolute atomic E-state index is 14.3. The Morgan fingerprint density at radius 3 is 2.26 bits per heavy atom. The molecule has 1 fully saturated rings. The molecule has 0 aromatic heterocycles. The Morgan fingerprint density at radius 2 is 1.74 bits per heavy atom. The predicted octanol–water partition coefficient (Wildman–Crippen LogP) is 4.72. The van der Waals surface area contributed by atoms with Gasteiger partial charge in [-0.05, 0) is 37.5 Å². The van der Waals surface area contributed by atoms with E-state index in [-0.39, 0.29) is 12.5 Å². The summed E-state index contributed by atoms with van der Waals surface area (Å²) in [6.07, 6.45) is 2.20. The fourth-order valence-corrected chi connectivity index (χ4v) is 2.93. The molecule has 0 heterocycles. The van der Waals surface area contributed by atoms with Crippen molar-refractivity contribution in [1.29, 1.82) is 0 Å². The molecular formula is C16H28F2O. The van der Waals surface area contributed by atoms with Gasteiger partial charge in [0, 0.05) is 0 Å². The van der Waals surface area contributed by atoms with Crippen LogP contribution in [0.1, 0.15) is 46.5 Å². The van der Waals surface area contributed by atoms with Crippen LogP contribution in [0.5, 0.6) is 0 Å². The van der Waals surface area contributed by atoms with Gasteiger partial charge in [-0.25, -0.2) is 8.78 Å². The van der Waals surface area contributed by atoms with Gasteiger partial charge in [-0.3, -0.25) is 0 Å². The van der Waals surface area contributed by atoms with E-state index in [1.165, 1.54) is 0 Å². The first kappa shape index (κ1) is 16.6. The summed E-state index contributed by atoms with van der Waals surface area (Å²) in [5.41, 5.74) is 0. The van der Waals surface area contributed by atoms with Crippen molar-refractivity contribution in [2.75, 3.05) is 6.61 Å². The van der Waals surface area contributed by atoms with Gasteiger partial charge < -0.3 is 4.74 Å². The van der Waals surface area contributed by atoms with Gasteiger partial charge in [-0.15, -0.1) is 6.58 Å². The Balaban J connectivity index is 2.46. The molecule has 0 aliphatic heterocycles. The number of hydrogen-bond donors (Lipinski definition) is 0. The van der Waals surface area contributed by atoms with Crippen LogP contribution in [0.4, 0.5) is 8.78 Å². The van der Waals surface area contributed by atoms with Gasteiger partial charge in [0.05, 0.1) is 12.7 Å². The zero-order chi connectivity index (χ0) is 14.4. The van der Waals surface area contributed by atoms with Gasteiger partial charge in [-0.1, -0.05) is 32.8 Å². The largest absolute Gasteiger partial charge is 0.371 e. The SMILES string of the molecule is C=CCOC(C)C(F)C(F)C(C)C1CCC(C)CC1. The molecule has 1 saturated carbocycles. The minimum atomic E-state index is -1.55. The quantitative estimate of drug-likeness (QED) is 0.611. The highest BCUT2D eigenvalue weighted by Gasteiger charge is 2.36. The molecule has 1 aliphatic rings. The first-order valence-corrected chi connectivity index (χ1v) is 7.48. The van der Waals surface area contributed by atoms with Gasteiger partial charge >= 0.3 is 0 Å². The zero-order valence-electron chi connectivity index (χ0n) is 12.4. The second-order valence-electron chi connectivity index (χ2n) is 6.10. The van der Waals surface area contributed by atoms with Crippen molar-refractivity contribution >= 4 is 0 Å². The summed E-state index contributed by atoms with van der Waals surface area (Å²) < 4.78 is 33.5. The Labute approximate surface area is 116 Å². The molecule has 0 radical (unpaired) electrons. The fourth-order valence-electron chi connectivity index (χ4n) is 2.93. The van der Waals surface area contributed by atoms with E-state index in [4.69, 9.17) is 4.74 Å². The van der Waals surface area contributed by atoms with Crippen molar-refractivity contribution in [2.45, 2.75) is 64.9 Å². The van der Waals surface area contributed by atoms with Crippen LogP contribution in [-0.4, -0.2) is 25.1 Å². The predicted molar refractivity (Wildman–Crippen MR) is 75.7 cm³/mol. The van der Waals surface area contributed by atoms with Crippen LogP contribution in [0.3, 0.4) is 0 Å². The molecule has 0 spiro atoms. The van der Waals surface area contributed by atoms with Crippen LogP contribution >= 0.6 is 0 Å². The van der Waals surface area contributed by atoms with Crippen molar-refractivity contribution in [1.82, 2.24) is 0 Å². The van der Waals surface area contributed by atoms with Crippen molar-refractivity contribution in [3.05, 3.63) is 12.7 Å². The monoisotopic (exact) mass is 274 g/mol. The molecule has 1 aliphatic carbocycles. The molecule has 4 atom stereocenters. The van der Waals surface area contributed by atoms with Crippen molar-refractivity contribution < 1.29 is 13.5 Å². The lowest BCUT2D eigenvalue weighted by Gasteiger charge is -2.34. The maximum Gasteiger partial charge on any atom is 0.157 e. The number of alkyl halides is 2. The highest BCUT2D eigenvalue weighted by molar-refractivity contribution is 4.85. The Bertz CT molecular complexity index is 261. The first-order valence-electron chi connectivity index (χ1n) is 7.48. The number of ether oxygens (including phenoxy) is 1. The molecule has 19 heavy (non-hydrogen) atoms. The van der Waals surface area contributed by atoms with Crippen LogP contribution < -0.4 is 0 Å². The average molecular weight is 274 g/mol. The van der Waals surface area contributed by atoms with Gasteiger partial charge in [0.25, 0.3) is 0 Å². The molecule has 0 saturated heterocycles. The standard InChI is InChI=1S/C16H28F2O/c1-5-10-19-13(4)16(18)15(17)12(3)14-8-6-11(2)7-9-14/h5,11-16H,1,6-10H2,2-4H3. The van der Waals surface area contributed by atoms with Crippen molar-refractivity contribution in [2.24, 2.45) is 17.8 Å². The van der Waals surface area contributed by atoms with Gasteiger partial charge in [0.1, 0.15) is 6.17 Å². The van der Waals surface area contributed by atoms with Crippen LogP contribution in [0.25, 0.3) is 0 Å². The van der Waals surface area contributed by atoms with Crippen LogP contribution in [0.2, 0.25) is 0 Å². The smallest absolute Gasteiger partial charge is 0.157 e. The maximum atomic E-state index is 14.3. The van der Waals surface area contributed by atoms with Crippen LogP contribution in [0, 0.1) is 17.8 Å². The molecule has 4 unspecified atom stereocenters. The Kier molecular flexibility index (Phi) is 6.98. The summed E-state index contributed by atoms with van der Waals surface area (Å²) in [5.74, 6) is 0.825. The first-order chi connectivity index (χ1) is 8.97. The minimum Gasteiger partial charge on any atom is -0.371 e. The van der Waals surface area contributed by atoms with E-state index in [1.807, 2.05) is 6.92 Å². The van der Waals surface area contributed by atoms with E-state index in [0.29, 0.717) is 5.92 Å². The molecule has 0 amide bonds. The van der Waals surface area contributed by atoms with E-state index < -0.39 is 18.4 Å². The minimum absolute atomic E-state index is 0.225. The highest BCUT2D eigenvalue weighted by Crippen LogP contribution is 2.36. The number of halogens is 2. The second kappa shape index (κ2) is 7.98. The third-order valence-electron chi connectivity index (χ3n) is 4.54. The average Bonchev–Trinajstić information content (AvgIpc) is 2.43. The van der Waals surface area contributed by atoms with Crippen LogP contribution in [0.15, 0.2) is 12.7 Å². The van der Waals surface area contributed by atoms with E-state index in [9.17, 15) is 8.78 Å². The van der Waals surface area contributed by atoms with E-state index in [2.05, 4.69) is 13.5 Å². The molecule has 1 rings (SSSR count). The van der Waals surface area contributed by atoms with Crippen molar-refractivity contribution in [3.63, 3.8) is 0 Å². The third kappa shape index (κ3) is 4.87. The molecule has 112 valence electrons. The molecule has 3 heteroatoms. The van der Waals surface area contributed by atoms with Gasteiger partial charge in [-0.2, -0.15) is 0 Å². The topological polar surface area (TPSA) is 9.23 Å². The summed E-state index contributed by atoms with van der Waals surface area (Å²) >= 11 is 0. The Morgan fingerprint density at radius 1 is 1.16 bits per heavy atom. The summed E-state index contributed by atoms with van der Waals surface area (Å²) in [4.78, 5) is 0. The summed E-state index contributed by atoms with van der Waals surface area (Å²) in [6.45, 7) is 9.45. The highest BCUT2D eigenvalue weighted by atomic mass is 19.2. The number of rotatable bonds is 7. The van der Waals surface area contributed by atoms with Crippen LogP contribution in [-0.2, 0) is 4.74 Å². The lowest BCUT2D eigenvalue weighted by molar-refractivity contribution is -0.0326. The zero-order valence-corrected chi connectivity index (χ0v) is 12.4. The molecule has 0 aromatic carbocycles. The van der Waals surface area contributed by atoms with E-state index >= 15 is 0 Å². The molecule has 1 nitrogen and oxygen atoms in total. The number of hydrogen-bond acceptors (Lipinski definition) is 1. The molecule has 0 N–H and O–H groups in total. The van der Waals surface area contributed by atoms with Gasteiger partial charge in [0.15, 0.2) is 6.17 Å². The van der Waals surface area contributed by atoms with E-state index in [0.717, 1.165) is 31.6 Å². The molecule has 0 bridgehead atoms. The normalized spacial score (nSPS) is 30.4. The Hall–Kier alpha value is -0.440. The molecular weight excluding hydrogens is 246 g/mol. The second-order valence-corrected chi connectivity index (χ2v) is 6.10. The van der Waals surface area contributed by atoms with Crippen molar-refractivity contribution in [3.8, 4) is 0 Å². The summed E-state index contributed by atoms with van der Waals surface area (Å²) in [7, 11) is 0. The fraction of sp³-hybridized carbons (Fsp3) is 0.875. The molecule has 0 aromatic rings. The third-order valence-corrected chi connectivity index (χ3v) is 4.54.